The van der Waals surface area contributed by atoms with Crippen LogP contribution in [0.1, 0.15) is 53.7 Å². The minimum Gasteiger partial charge on any atom is -0.497 e. The van der Waals surface area contributed by atoms with Crippen molar-refractivity contribution in [1.29, 1.82) is 0 Å². The van der Waals surface area contributed by atoms with Crippen LogP contribution in [0, 0.1) is 5.92 Å². The zero-order valence-corrected chi connectivity index (χ0v) is 27.2. The quantitative estimate of drug-likeness (QED) is 0.216. The van der Waals surface area contributed by atoms with Crippen LogP contribution < -0.4 is 20.5 Å². The molecule has 250 valence electrons. The van der Waals surface area contributed by atoms with Crippen LogP contribution in [-0.4, -0.2) is 71.3 Å². The number of nitrogens with one attached hydrogen (secondary N) is 1. The van der Waals surface area contributed by atoms with Crippen LogP contribution in [0.4, 0.5) is 5.82 Å². The maximum absolute atomic E-state index is 12.9. The van der Waals surface area contributed by atoms with Crippen LogP contribution in [0.25, 0.3) is 0 Å². The first kappa shape index (κ1) is 33.0. The molecule has 1 saturated heterocycles. The minimum atomic E-state index is -1.19. The molecular formula is C36H39N5O7. The first-order chi connectivity index (χ1) is 23.2. The van der Waals surface area contributed by atoms with Gasteiger partial charge in [-0.05, 0) is 41.0 Å². The lowest BCUT2D eigenvalue weighted by molar-refractivity contribution is -0.122. The van der Waals surface area contributed by atoms with Gasteiger partial charge in [0.25, 0.3) is 0 Å². The molecule has 48 heavy (non-hydrogen) atoms. The highest BCUT2D eigenvalue weighted by atomic mass is 16.6. The highest BCUT2D eigenvalue weighted by Crippen LogP contribution is 2.43. The fraction of sp³-hybridized carbons (Fsp3) is 0.333. The van der Waals surface area contributed by atoms with Gasteiger partial charge >= 0.3 is 0 Å². The number of fused-ring (bicyclic) bond motifs is 1. The van der Waals surface area contributed by atoms with E-state index in [-0.39, 0.29) is 48.0 Å². The minimum absolute atomic E-state index is 0.0174. The van der Waals surface area contributed by atoms with Crippen molar-refractivity contribution in [2.45, 2.75) is 50.3 Å². The van der Waals surface area contributed by atoms with Crippen LogP contribution in [0.5, 0.6) is 11.5 Å². The number of carbonyl (C=O) groups is 2. The fourth-order valence-electron chi connectivity index (χ4n) is 6.03. The lowest BCUT2D eigenvalue weighted by Crippen LogP contribution is -2.44. The topological polar surface area (TPSA) is 160 Å². The molecule has 12 heteroatoms. The van der Waals surface area contributed by atoms with Crippen LogP contribution in [0.15, 0.2) is 90.2 Å². The number of amides is 1. The number of aliphatic hydroxyl groups is 1. The summed E-state index contributed by atoms with van der Waals surface area (Å²) >= 11 is 0. The van der Waals surface area contributed by atoms with E-state index in [9.17, 15) is 14.7 Å². The van der Waals surface area contributed by atoms with Crippen molar-refractivity contribution >= 4 is 23.3 Å². The van der Waals surface area contributed by atoms with E-state index in [1.807, 2.05) is 78.9 Å². The number of methoxy groups -OCH3 is 2. The van der Waals surface area contributed by atoms with E-state index >= 15 is 0 Å². The normalized spacial score (nSPS) is 20.7. The number of carbonyl (C=O) groups excluding carboxylic acids is 2. The maximum atomic E-state index is 12.9. The van der Waals surface area contributed by atoms with Crippen LogP contribution >= 0.6 is 0 Å². The van der Waals surface area contributed by atoms with Gasteiger partial charge in [0.2, 0.25) is 5.91 Å². The Labute approximate surface area is 278 Å². The number of imidazole rings is 1. The summed E-state index contributed by atoms with van der Waals surface area (Å²) in [6.45, 7) is 3.48. The van der Waals surface area contributed by atoms with Gasteiger partial charge in [-0.2, -0.15) is 0 Å². The Hall–Kier alpha value is -4.88. The lowest BCUT2D eigenvalue weighted by Gasteiger charge is -2.37. The third kappa shape index (κ3) is 6.11. The van der Waals surface area contributed by atoms with Gasteiger partial charge in [-0.1, -0.05) is 68.4 Å². The van der Waals surface area contributed by atoms with Crippen molar-refractivity contribution in [3.05, 3.63) is 108 Å². The molecule has 4 aromatic rings. The van der Waals surface area contributed by atoms with Gasteiger partial charge in [0, 0.05) is 5.92 Å². The summed E-state index contributed by atoms with van der Waals surface area (Å²) in [5.74, 6) is 0.906. The average Bonchev–Trinajstić information content (AvgIpc) is 3.66. The van der Waals surface area contributed by atoms with Gasteiger partial charge in [0.05, 0.1) is 39.6 Å². The van der Waals surface area contributed by atoms with E-state index in [2.05, 4.69) is 15.3 Å². The Balaban J connectivity index is 1.34. The van der Waals surface area contributed by atoms with Crippen molar-refractivity contribution in [1.82, 2.24) is 14.9 Å². The predicted molar refractivity (Wildman–Crippen MR) is 177 cm³/mol. The molecule has 0 saturated carbocycles. The predicted octanol–water partition coefficient (Wildman–Crippen LogP) is 3.88. The molecule has 1 amide bonds. The second-order valence-corrected chi connectivity index (χ2v) is 12.1. The Bertz CT molecular complexity index is 1740. The largest absolute Gasteiger partial charge is 0.497 e. The molecular weight excluding hydrogens is 614 g/mol. The van der Waals surface area contributed by atoms with E-state index in [1.54, 1.807) is 28.1 Å². The van der Waals surface area contributed by atoms with E-state index < -0.39 is 30.1 Å². The van der Waals surface area contributed by atoms with E-state index in [4.69, 9.17) is 24.7 Å². The number of aliphatic imine (C=N–C) groups is 1. The maximum Gasteiger partial charge on any atom is 0.227 e. The highest BCUT2D eigenvalue weighted by molar-refractivity contribution is 6.16. The third-order valence-electron chi connectivity index (χ3n) is 8.73. The zero-order chi connectivity index (χ0) is 34.0. The molecule has 0 radical (unpaired) electrons. The Morgan fingerprint density at radius 3 is 2.15 bits per heavy atom. The molecule has 2 aliphatic rings. The first-order valence-corrected chi connectivity index (χ1v) is 15.7. The molecule has 0 aliphatic carbocycles. The summed E-state index contributed by atoms with van der Waals surface area (Å²) in [5.41, 5.74) is 8.11. The number of aromatic nitrogens is 2. The van der Waals surface area contributed by atoms with Crippen molar-refractivity contribution in [2.24, 2.45) is 16.6 Å². The molecule has 0 spiro atoms. The second kappa shape index (κ2) is 13.7. The van der Waals surface area contributed by atoms with E-state index in [1.165, 1.54) is 10.9 Å². The fourth-order valence-corrected chi connectivity index (χ4v) is 6.03. The molecule has 3 heterocycles. The van der Waals surface area contributed by atoms with Crippen molar-refractivity contribution in [3.8, 4) is 11.5 Å². The summed E-state index contributed by atoms with van der Waals surface area (Å²) in [4.78, 5) is 34.0. The highest BCUT2D eigenvalue weighted by Gasteiger charge is 2.46. The number of ketones is 1. The Kier molecular flexibility index (Phi) is 9.42. The number of rotatable bonds is 10. The first-order valence-electron chi connectivity index (χ1n) is 15.7. The second-order valence-electron chi connectivity index (χ2n) is 12.1. The molecule has 12 nitrogen and oxygen atoms in total. The Morgan fingerprint density at radius 2 is 1.58 bits per heavy atom. The van der Waals surface area contributed by atoms with E-state index in [0.717, 1.165) is 16.7 Å². The molecule has 1 fully saturated rings. The average molecular weight is 654 g/mol. The molecule has 3 aromatic carbocycles. The summed E-state index contributed by atoms with van der Waals surface area (Å²) < 4.78 is 25.7. The number of aliphatic hydroxyl groups excluding tert-OH is 1. The Morgan fingerprint density at radius 1 is 1.00 bits per heavy atom. The molecule has 4 N–H and O–H groups in total. The van der Waals surface area contributed by atoms with Crippen LogP contribution in [0.3, 0.4) is 0 Å². The van der Waals surface area contributed by atoms with Crippen LogP contribution in [-0.2, 0) is 19.9 Å². The molecule has 0 bridgehead atoms. The SMILES string of the molecule is COc1ccc(C(OC[C@H]2O[C@@H](n3cnc4c3N=C(NC(=O)C(C)C)CC4=O)[C@H](O)[C@@H]2N)(c2ccccc2)c2ccc(OC)cc2)cc1. The van der Waals surface area contributed by atoms with Crippen molar-refractivity contribution < 1.29 is 33.6 Å². The number of benzene rings is 3. The number of hydrogen-bond acceptors (Lipinski definition) is 10. The molecule has 4 atom stereocenters. The summed E-state index contributed by atoms with van der Waals surface area (Å²) in [7, 11) is 3.22. The molecule has 1 aromatic heterocycles. The summed E-state index contributed by atoms with van der Waals surface area (Å²) in [6, 6.07) is 24.2. The number of hydrogen-bond donors (Lipinski definition) is 3. The standard InChI is InChI=1S/C36H39N5O7/c1-21(2)34(44)40-29-18-27(42)31-33(39-29)41(20-38-31)35-32(43)30(37)28(48-35)19-47-36(22-8-6-5-7-9-22,23-10-14-25(45-3)15-11-23)24-12-16-26(46-4)17-13-24/h5-17,20-21,28,30,32,35,43H,18-19,37H2,1-4H3,(H,39,40,44)/t28-,30-,32-,35-/m1/s1. The summed E-state index contributed by atoms with van der Waals surface area (Å²) in [6.07, 6.45) is -1.68. The smallest absolute Gasteiger partial charge is 0.227 e. The lowest BCUT2D eigenvalue weighted by atomic mass is 9.80. The monoisotopic (exact) mass is 653 g/mol. The van der Waals surface area contributed by atoms with Gasteiger partial charge in [-0.3, -0.25) is 14.2 Å². The van der Waals surface area contributed by atoms with E-state index in [0.29, 0.717) is 11.5 Å². The molecule has 6 rings (SSSR count). The third-order valence-corrected chi connectivity index (χ3v) is 8.73. The number of nitrogens with zero attached hydrogens (tertiary/aromatic N) is 3. The van der Waals surface area contributed by atoms with Crippen molar-refractivity contribution in [3.63, 3.8) is 0 Å². The van der Waals surface area contributed by atoms with Gasteiger partial charge in [0.15, 0.2) is 23.5 Å². The van der Waals surface area contributed by atoms with Crippen LogP contribution in [0.2, 0.25) is 0 Å². The zero-order valence-electron chi connectivity index (χ0n) is 27.2. The number of ether oxygens (including phenoxy) is 4. The van der Waals surface area contributed by atoms with Crippen molar-refractivity contribution in [2.75, 3.05) is 20.8 Å². The summed E-state index contributed by atoms with van der Waals surface area (Å²) in [5, 5.41) is 14.1. The molecule has 0 unspecified atom stereocenters. The van der Waals surface area contributed by atoms with Gasteiger partial charge in [-0.15, -0.1) is 0 Å². The number of Topliss-reactive ketones (excluding diaryl/α,β-unsaturated/α-hetero) is 1. The number of amidine groups is 1. The van der Waals surface area contributed by atoms with Gasteiger partial charge < -0.3 is 35.1 Å². The van der Waals surface area contributed by atoms with Gasteiger partial charge in [-0.25, -0.2) is 9.98 Å². The number of nitrogens with two attached hydrogens (primary N) is 1. The molecule has 2 aliphatic heterocycles. The van der Waals surface area contributed by atoms with Gasteiger partial charge in [0.1, 0.15) is 35.1 Å².